The SMILES string of the molecule is CCC(C)N(C)CCNc1ncc(N)cc1C(N)=O. The number of hydrogen-bond donors (Lipinski definition) is 3. The van der Waals surface area contributed by atoms with Crippen molar-refractivity contribution < 1.29 is 4.79 Å². The number of aromatic nitrogens is 1. The summed E-state index contributed by atoms with van der Waals surface area (Å²) in [6.45, 7) is 5.88. The number of amides is 1. The van der Waals surface area contributed by atoms with Crippen molar-refractivity contribution in [1.29, 1.82) is 0 Å². The molecule has 0 fully saturated rings. The van der Waals surface area contributed by atoms with E-state index < -0.39 is 5.91 Å². The highest BCUT2D eigenvalue weighted by molar-refractivity contribution is 5.98. The molecule has 0 aliphatic carbocycles. The summed E-state index contributed by atoms with van der Waals surface area (Å²) in [4.78, 5) is 17.7. The first-order valence-electron chi connectivity index (χ1n) is 6.45. The van der Waals surface area contributed by atoms with Crippen molar-refractivity contribution in [1.82, 2.24) is 9.88 Å². The highest BCUT2D eigenvalue weighted by Gasteiger charge is 2.11. The quantitative estimate of drug-likeness (QED) is 0.680. The Kier molecular flexibility index (Phi) is 5.57. The first-order chi connectivity index (χ1) is 8.95. The molecule has 1 aromatic heterocycles. The first kappa shape index (κ1) is 15.2. The summed E-state index contributed by atoms with van der Waals surface area (Å²) in [7, 11) is 2.07. The Balaban J connectivity index is 2.61. The number of primary amides is 1. The average Bonchev–Trinajstić information content (AvgIpc) is 2.38. The number of hydrogen-bond acceptors (Lipinski definition) is 5. The standard InChI is InChI=1S/C13H23N5O/c1-4-9(2)18(3)6-5-16-13-11(12(15)19)7-10(14)8-17-13/h7-9H,4-6,14H2,1-3H3,(H2,15,19)(H,16,17). The lowest BCUT2D eigenvalue weighted by molar-refractivity contribution is 0.100. The molecule has 5 N–H and O–H groups in total. The molecular formula is C13H23N5O. The second-order valence-corrected chi connectivity index (χ2v) is 4.69. The monoisotopic (exact) mass is 265 g/mol. The van der Waals surface area contributed by atoms with Crippen LogP contribution in [0.5, 0.6) is 0 Å². The second kappa shape index (κ2) is 6.94. The molecule has 19 heavy (non-hydrogen) atoms. The largest absolute Gasteiger partial charge is 0.397 e. The summed E-state index contributed by atoms with van der Waals surface area (Å²) >= 11 is 0. The van der Waals surface area contributed by atoms with Crippen LogP contribution >= 0.6 is 0 Å². The van der Waals surface area contributed by atoms with Crippen LogP contribution in [0.1, 0.15) is 30.6 Å². The molecule has 106 valence electrons. The van der Waals surface area contributed by atoms with Crippen LogP contribution in [-0.4, -0.2) is 42.0 Å². The van der Waals surface area contributed by atoms with Gasteiger partial charge in [0, 0.05) is 19.1 Å². The predicted octanol–water partition coefficient (Wildman–Crippen LogP) is 0.905. The fourth-order valence-electron chi connectivity index (χ4n) is 1.69. The van der Waals surface area contributed by atoms with Crippen molar-refractivity contribution >= 4 is 17.4 Å². The molecule has 1 atom stereocenters. The zero-order valence-electron chi connectivity index (χ0n) is 11.8. The summed E-state index contributed by atoms with van der Waals surface area (Å²) in [6, 6.07) is 2.06. The minimum Gasteiger partial charge on any atom is -0.397 e. The Hall–Kier alpha value is -1.82. The van der Waals surface area contributed by atoms with Gasteiger partial charge in [-0.25, -0.2) is 4.98 Å². The van der Waals surface area contributed by atoms with E-state index in [-0.39, 0.29) is 0 Å². The second-order valence-electron chi connectivity index (χ2n) is 4.69. The number of pyridine rings is 1. The number of nitrogens with two attached hydrogens (primary N) is 2. The minimum atomic E-state index is -0.530. The first-order valence-corrected chi connectivity index (χ1v) is 6.45. The zero-order chi connectivity index (χ0) is 14.4. The smallest absolute Gasteiger partial charge is 0.252 e. The highest BCUT2D eigenvalue weighted by atomic mass is 16.1. The molecule has 1 unspecified atom stereocenters. The summed E-state index contributed by atoms with van der Waals surface area (Å²) in [5.74, 6) is -0.0446. The number of rotatable bonds is 7. The highest BCUT2D eigenvalue weighted by Crippen LogP contribution is 2.14. The molecular weight excluding hydrogens is 242 g/mol. The van der Waals surface area contributed by atoms with E-state index in [2.05, 4.69) is 36.1 Å². The summed E-state index contributed by atoms with van der Waals surface area (Å²) in [6.07, 6.45) is 2.61. The van der Waals surface area contributed by atoms with E-state index in [1.165, 1.54) is 12.3 Å². The summed E-state index contributed by atoms with van der Waals surface area (Å²) in [5.41, 5.74) is 11.6. The van der Waals surface area contributed by atoms with Crippen LogP contribution in [-0.2, 0) is 0 Å². The third-order valence-electron chi connectivity index (χ3n) is 3.27. The van der Waals surface area contributed by atoms with Crippen molar-refractivity contribution in [3.63, 3.8) is 0 Å². The molecule has 0 radical (unpaired) electrons. The van der Waals surface area contributed by atoms with Gasteiger partial charge in [-0.15, -0.1) is 0 Å². The number of carbonyl (C=O) groups excluding carboxylic acids is 1. The van der Waals surface area contributed by atoms with Gasteiger partial charge in [0.25, 0.3) is 5.91 Å². The van der Waals surface area contributed by atoms with Gasteiger partial charge in [0.05, 0.1) is 17.4 Å². The third-order valence-corrected chi connectivity index (χ3v) is 3.27. The van der Waals surface area contributed by atoms with Crippen molar-refractivity contribution in [3.8, 4) is 0 Å². The van der Waals surface area contributed by atoms with Crippen LogP contribution in [0.25, 0.3) is 0 Å². The van der Waals surface area contributed by atoms with Gasteiger partial charge in [0.2, 0.25) is 0 Å². The van der Waals surface area contributed by atoms with E-state index >= 15 is 0 Å². The number of anilines is 2. The molecule has 0 saturated heterocycles. The molecule has 0 aliphatic heterocycles. The summed E-state index contributed by atoms with van der Waals surface area (Å²) in [5, 5.41) is 3.12. The molecule has 1 amide bonds. The van der Waals surface area contributed by atoms with Crippen molar-refractivity contribution in [3.05, 3.63) is 17.8 Å². The lowest BCUT2D eigenvalue weighted by Gasteiger charge is -2.23. The predicted molar refractivity (Wildman–Crippen MR) is 78.0 cm³/mol. The van der Waals surface area contributed by atoms with Gasteiger partial charge >= 0.3 is 0 Å². The number of nitrogens with one attached hydrogen (secondary N) is 1. The van der Waals surface area contributed by atoms with E-state index in [4.69, 9.17) is 11.5 Å². The van der Waals surface area contributed by atoms with Gasteiger partial charge in [-0.2, -0.15) is 0 Å². The molecule has 1 heterocycles. The molecule has 1 aromatic rings. The van der Waals surface area contributed by atoms with Crippen LogP contribution in [0.2, 0.25) is 0 Å². The Morgan fingerprint density at radius 3 is 2.84 bits per heavy atom. The van der Waals surface area contributed by atoms with Crippen LogP contribution in [0, 0.1) is 0 Å². The van der Waals surface area contributed by atoms with Gasteiger partial charge in [-0.05, 0) is 26.5 Å². The maximum Gasteiger partial charge on any atom is 0.252 e. The molecule has 0 aromatic carbocycles. The number of likely N-dealkylation sites (N-methyl/N-ethyl adjacent to an activating group) is 1. The molecule has 6 nitrogen and oxygen atoms in total. The topological polar surface area (TPSA) is 97.3 Å². The van der Waals surface area contributed by atoms with E-state index in [1.807, 2.05) is 0 Å². The van der Waals surface area contributed by atoms with Gasteiger partial charge in [0.15, 0.2) is 0 Å². The van der Waals surface area contributed by atoms with Crippen LogP contribution in [0.4, 0.5) is 11.5 Å². The third kappa shape index (κ3) is 4.40. The number of nitrogens with zero attached hydrogens (tertiary/aromatic N) is 2. The molecule has 6 heteroatoms. The van der Waals surface area contributed by atoms with Gasteiger partial charge in [0.1, 0.15) is 5.82 Å². The van der Waals surface area contributed by atoms with Crippen LogP contribution in [0.15, 0.2) is 12.3 Å². The fourth-order valence-corrected chi connectivity index (χ4v) is 1.69. The fraction of sp³-hybridized carbons (Fsp3) is 0.538. The Bertz CT molecular complexity index is 435. The summed E-state index contributed by atoms with van der Waals surface area (Å²) < 4.78 is 0. The Labute approximate surface area is 114 Å². The lowest BCUT2D eigenvalue weighted by Crippen LogP contribution is -2.33. The molecule has 0 aliphatic rings. The lowest BCUT2D eigenvalue weighted by atomic mass is 10.2. The maximum atomic E-state index is 11.3. The van der Waals surface area contributed by atoms with Crippen LogP contribution in [0.3, 0.4) is 0 Å². The number of carbonyl (C=O) groups is 1. The van der Waals surface area contributed by atoms with Gasteiger partial charge < -0.3 is 21.7 Å². The van der Waals surface area contributed by atoms with E-state index in [1.54, 1.807) is 0 Å². The molecule has 0 spiro atoms. The Morgan fingerprint density at radius 1 is 1.58 bits per heavy atom. The molecule has 0 saturated carbocycles. The van der Waals surface area contributed by atoms with Crippen molar-refractivity contribution in [2.24, 2.45) is 5.73 Å². The average molecular weight is 265 g/mol. The maximum absolute atomic E-state index is 11.3. The molecule has 1 rings (SSSR count). The van der Waals surface area contributed by atoms with E-state index in [0.29, 0.717) is 29.7 Å². The van der Waals surface area contributed by atoms with E-state index in [0.717, 1.165) is 13.0 Å². The normalized spacial score (nSPS) is 12.4. The zero-order valence-corrected chi connectivity index (χ0v) is 11.8. The number of nitrogen functional groups attached to an aromatic ring is 1. The Morgan fingerprint density at radius 2 is 2.26 bits per heavy atom. The van der Waals surface area contributed by atoms with Gasteiger partial charge in [-0.3, -0.25) is 4.79 Å². The van der Waals surface area contributed by atoms with E-state index in [9.17, 15) is 4.79 Å². The van der Waals surface area contributed by atoms with Crippen LogP contribution < -0.4 is 16.8 Å². The van der Waals surface area contributed by atoms with Gasteiger partial charge in [-0.1, -0.05) is 6.92 Å². The van der Waals surface area contributed by atoms with Crippen molar-refractivity contribution in [2.75, 3.05) is 31.2 Å². The molecule has 0 bridgehead atoms. The minimum absolute atomic E-state index is 0.325. The van der Waals surface area contributed by atoms with Crippen molar-refractivity contribution in [2.45, 2.75) is 26.3 Å².